The highest BCUT2D eigenvalue weighted by Crippen LogP contribution is 2.25. The van der Waals surface area contributed by atoms with E-state index in [4.69, 9.17) is 16.2 Å². The summed E-state index contributed by atoms with van der Waals surface area (Å²) in [5, 5.41) is 0. The van der Waals surface area contributed by atoms with Gasteiger partial charge in [0.05, 0.1) is 16.4 Å². The first-order valence-corrected chi connectivity index (χ1v) is 8.52. The van der Waals surface area contributed by atoms with Gasteiger partial charge in [-0.25, -0.2) is 0 Å². The summed E-state index contributed by atoms with van der Waals surface area (Å²) in [5.41, 5.74) is 0.566. The van der Waals surface area contributed by atoms with Gasteiger partial charge in [-0.05, 0) is 31.0 Å². The van der Waals surface area contributed by atoms with Crippen LogP contribution in [0.4, 0.5) is 0 Å². The Labute approximate surface area is 117 Å². The first kappa shape index (κ1) is 16.4. The Hall–Kier alpha value is -0.670. The van der Waals surface area contributed by atoms with E-state index in [-0.39, 0.29) is 22.9 Å². The monoisotopic (exact) mass is 328 g/mol. The van der Waals surface area contributed by atoms with E-state index in [1.165, 1.54) is 19.9 Å². The Morgan fingerprint density at radius 3 is 2.11 bits per heavy atom. The fourth-order valence-corrected chi connectivity index (χ4v) is 3.69. The summed E-state index contributed by atoms with van der Waals surface area (Å²) >= 11 is 5.34. The van der Waals surface area contributed by atoms with Crippen LogP contribution in [0.25, 0.3) is 0 Å². The third-order valence-electron chi connectivity index (χ3n) is 2.34. The SMILES string of the molecule is Cc1cc(C)c(S(=O)(=O)OCCCl)cc1S(=O)(=O)O. The number of alkyl halides is 1. The van der Waals surface area contributed by atoms with Crippen LogP contribution in [0.15, 0.2) is 21.9 Å². The highest BCUT2D eigenvalue weighted by Gasteiger charge is 2.23. The number of hydrogen-bond acceptors (Lipinski definition) is 5. The van der Waals surface area contributed by atoms with E-state index in [1.807, 2.05) is 0 Å². The minimum absolute atomic E-state index is 0.0186. The molecule has 1 N–H and O–H groups in total. The van der Waals surface area contributed by atoms with Crippen molar-refractivity contribution in [2.45, 2.75) is 23.6 Å². The summed E-state index contributed by atoms with van der Waals surface area (Å²) in [5.74, 6) is -0.0186. The molecule has 0 unspecified atom stereocenters. The van der Waals surface area contributed by atoms with Gasteiger partial charge in [-0.1, -0.05) is 6.07 Å². The molecule has 0 aliphatic carbocycles. The van der Waals surface area contributed by atoms with Gasteiger partial charge in [0, 0.05) is 5.88 Å². The predicted octanol–water partition coefficient (Wildman–Crippen LogP) is 1.49. The molecule has 0 atom stereocenters. The molecular weight excluding hydrogens is 316 g/mol. The van der Waals surface area contributed by atoms with Gasteiger partial charge < -0.3 is 0 Å². The van der Waals surface area contributed by atoms with Crippen LogP contribution >= 0.6 is 11.6 Å². The minimum atomic E-state index is -4.50. The molecule has 108 valence electrons. The van der Waals surface area contributed by atoms with E-state index in [1.54, 1.807) is 0 Å². The Morgan fingerprint density at radius 1 is 1.11 bits per heavy atom. The quantitative estimate of drug-likeness (QED) is 0.499. The third-order valence-corrected chi connectivity index (χ3v) is 4.94. The van der Waals surface area contributed by atoms with Crippen molar-refractivity contribution in [1.29, 1.82) is 0 Å². The molecule has 1 aromatic rings. The van der Waals surface area contributed by atoms with Crippen LogP contribution in [0, 0.1) is 13.8 Å². The van der Waals surface area contributed by atoms with Gasteiger partial charge in [-0.15, -0.1) is 11.6 Å². The smallest absolute Gasteiger partial charge is 0.282 e. The van der Waals surface area contributed by atoms with Crippen LogP contribution in [0.1, 0.15) is 11.1 Å². The molecule has 0 aliphatic heterocycles. The summed E-state index contributed by atoms with van der Waals surface area (Å²) in [6.45, 7) is 2.72. The van der Waals surface area contributed by atoms with Gasteiger partial charge >= 0.3 is 0 Å². The average molecular weight is 329 g/mol. The highest BCUT2D eigenvalue weighted by molar-refractivity contribution is 7.87. The molecule has 0 saturated heterocycles. The van der Waals surface area contributed by atoms with Crippen molar-refractivity contribution < 1.29 is 25.6 Å². The topological polar surface area (TPSA) is 97.7 Å². The lowest BCUT2D eigenvalue weighted by molar-refractivity contribution is 0.340. The Bertz CT molecular complexity index is 678. The lowest BCUT2D eigenvalue weighted by Gasteiger charge is -2.11. The number of hydrogen-bond donors (Lipinski definition) is 1. The first-order valence-electron chi connectivity index (χ1n) is 5.13. The van der Waals surface area contributed by atoms with Crippen LogP contribution in [-0.4, -0.2) is 33.9 Å². The van der Waals surface area contributed by atoms with E-state index >= 15 is 0 Å². The molecule has 0 heterocycles. The normalized spacial score (nSPS) is 12.6. The highest BCUT2D eigenvalue weighted by atomic mass is 35.5. The van der Waals surface area contributed by atoms with Crippen LogP contribution in [0.3, 0.4) is 0 Å². The van der Waals surface area contributed by atoms with E-state index in [0.29, 0.717) is 5.56 Å². The summed E-state index contributed by atoms with van der Waals surface area (Å²) in [6, 6.07) is 2.23. The molecule has 0 fully saturated rings. The second-order valence-electron chi connectivity index (χ2n) is 3.82. The van der Waals surface area contributed by atoms with Gasteiger partial charge in [0.2, 0.25) is 0 Å². The van der Waals surface area contributed by atoms with Crippen molar-refractivity contribution in [2.75, 3.05) is 12.5 Å². The fraction of sp³-hybridized carbons (Fsp3) is 0.400. The lowest BCUT2D eigenvalue weighted by atomic mass is 10.2. The second kappa shape index (κ2) is 5.76. The van der Waals surface area contributed by atoms with E-state index in [0.717, 1.165) is 6.07 Å². The zero-order valence-corrected chi connectivity index (χ0v) is 12.6. The van der Waals surface area contributed by atoms with Crippen LogP contribution in [0.5, 0.6) is 0 Å². The molecule has 0 aliphatic rings. The second-order valence-corrected chi connectivity index (χ2v) is 7.18. The van der Waals surface area contributed by atoms with E-state index in [2.05, 4.69) is 4.18 Å². The van der Waals surface area contributed by atoms with Crippen molar-refractivity contribution >= 4 is 31.8 Å². The van der Waals surface area contributed by atoms with Gasteiger partial charge in [0.25, 0.3) is 20.2 Å². The zero-order valence-electron chi connectivity index (χ0n) is 10.3. The molecule has 0 bridgehead atoms. The van der Waals surface area contributed by atoms with Gasteiger partial charge in [-0.3, -0.25) is 8.74 Å². The molecule has 6 nitrogen and oxygen atoms in total. The number of benzene rings is 1. The molecule has 0 radical (unpaired) electrons. The van der Waals surface area contributed by atoms with E-state index < -0.39 is 25.1 Å². The van der Waals surface area contributed by atoms with Crippen molar-refractivity contribution in [3.63, 3.8) is 0 Å². The molecule has 0 amide bonds. The van der Waals surface area contributed by atoms with Crippen molar-refractivity contribution in [1.82, 2.24) is 0 Å². The van der Waals surface area contributed by atoms with Crippen molar-refractivity contribution in [2.24, 2.45) is 0 Å². The number of rotatable bonds is 5. The Morgan fingerprint density at radius 2 is 1.63 bits per heavy atom. The maximum absolute atomic E-state index is 11.8. The zero-order chi connectivity index (χ0) is 14.8. The summed E-state index contributed by atoms with van der Waals surface area (Å²) in [7, 11) is -8.61. The van der Waals surface area contributed by atoms with Crippen molar-refractivity contribution in [3.8, 4) is 0 Å². The van der Waals surface area contributed by atoms with Crippen LogP contribution < -0.4 is 0 Å². The molecule has 9 heteroatoms. The van der Waals surface area contributed by atoms with Gasteiger partial charge in [0.15, 0.2) is 0 Å². The predicted molar refractivity (Wildman–Crippen MR) is 69.6 cm³/mol. The summed E-state index contributed by atoms with van der Waals surface area (Å²) in [6.07, 6.45) is 0. The van der Waals surface area contributed by atoms with Crippen LogP contribution in [-0.2, 0) is 24.4 Å². The fourth-order valence-electron chi connectivity index (χ4n) is 1.57. The molecule has 1 aromatic carbocycles. The molecule has 19 heavy (non-hydrogen) atoms. The summed E-state index contributed by atoms with van der Waals surface area (Å²) in [4.78, 5) is -0.776. The molecule has 0 spiro atoms. The maximum atomic E-state index is 11.8. The molecule has 0 saturated carbocycles. The van der Waals surface area contributed by atoms with Gasteiger partial charge in [-0.2, -0.15) is 16.8 Å². The molecular formula is C10H13ClO6S2. The number of aryl methyl sites for hydroxylation is 2. The molecule has 0 aromatic heterocycles. The standard InChI is InChI=1S/C10H13ClO6S2/c1-7-5-8(2)10(6-9(7)18(12,13)14)19(15,16)17-4-3-11/h5-6H,3-4H2,1-2H3,(H,12,13,14). The Balaban J connectivity index is 3.46. The summed E-state index contributed by atoms with van der Waals surface area (Å²) < 4.78 is 59.7. The average Bonchev–Trinajstić information content (AvgIpc) is 2.24. The van der Waals surface area contributed by atoms with Crippen LogP contribution in [0.2, 0.25) is 0 Å². The van der Waals surface area contributed by atoms with Crippen molar-refractivity contribution in [3.05, 3.63) is 23.3 Å². The lowest BCUT2D eigenvalue weighted by Crippen LogP contribution is -2.12. The van der Waals surface area contributed by atoms with Gasteiger partial charge in [0.1, 0.15) is 0 Å². The first-order chi connectivity index (χ1) is 8.59. The van der Waals surface area contributed by atoms with E-state index in [9.17, 15) is 16.8 Å². The Kier molecular flexibility index (Phi) is 4.97. The maximum Gasteiger partial charge on any atom is 0.297 e. The number of halogens is 1. The minimum Gasteiger partial charge on any atom is -0.282 e. The molecule has 1 rings (SSSR count). The largest absolute Gasteiger partial charge is 0.297 e. The third kappa shape index (κ3) is 3.90.